The van der Waals surface area contributed by atoms with E-state index in [1.807, 2.05) is 6.92 Å². The second-order valence-corrected chi connectivity index (χ2v) is 7.03. The van der Waals surface area contributed by atoms with Gasteiger partial charge in [0.2, 0.25) is 5.95 Å². The Morgan fingerprint density at radius 3 is 2.74 bits per heavy atom. The average Bonchev–Trinajstić information content (AvgIpc) is 3.24. The van der Waals surface area contributed by atoms with Crippen molar-refractivity contribution in [2.45, 2.75) is 26.4 Å². The molecular formula is C18H15ClF3N7O2. The van der Waals surface area contributed by atoms with Gasteiger partial charge in [0.1, 0.15) is 17.1 Å². The predicted molar refractivity (Wildman–Crippen MR) is 106 cm³/mol. The van der Waals surface area contributed by atoms with Gasteiger partial charge in [-0.3, -0.25) is 4.57 Å². The number of rotatable bonds is 6. The molecule has 0 aliphatic heterocycles. The Kier molecular flexibility index (Phi) is 5.31. The van der Waals surface area contributed by atoms with Gasteiger partial charge >= 0.3 is 12.1 Å². The van der Waals surface area contributed by atoms with Crippen LogP contribution in [-0.2, 0) is 13.1 Å². The van der Waals surface area contributed by atoms with Crippen LogP contribution in [0.4, 0.5) is 19.1 Å². The molecule has 9 nitrogen and oxygen atoms in total. The number of aryl methyl sites for hydroxylation is 1. The number of benzene rings is 1. The number of hydrogen-bond donors (Lipinski definition) is 3. The summed E-state index contributed by atoms with van der Waals surface area (Å²) in [6.45, 7) is 1.93. The van der Waals surface area contributed by atoms with Gasteiger partial charge in [-0.1, -0.05) is 11.6 Å². The molecule has 162 valence electrons. The van der Waals surface area contributed by atoms with Gasteiger partial charge in [0.25, 0.3) is 0 Å². The Morgan fingerprint density at radius 2 is 2.03 bits per heavy atom. The van der Waals surface area contributed by atoms with Gasteiger partial charge in [0, 0.05) is 10.6 Å². The number of H-pyrrole nitrogens is 2. The fourth-order valence-electron chi connectivity index (χ4n) is 2.98. The standard InChI is InChI=1S/C18H15ClF3N7O2/c1-9-23-5-12(26-9)6-24-16-25-7-13-15(28-16)29(17(30)27-13)8-10-4-11(19)2-3-14(10)31-18(20,21)22/h2-5,7H,6,8H2,1H3,(H,23,26)(H,27,30)(H,24,25,28). The summed E-state index contributed by atoms with van der Waals surface area (Å²) in [5.74, 6) is 0.525. The first-order valence-electron chi connectivity index (χ1n) is 8.92. The molecule has 4 rings (SSSR count). The van der Waals surface area contributed by atoms with Crippen LogP contribution in [0.15, 0.2) is 35.4 Å². The molecule has 0 radical (unpaired) electrons. The minimum absolute atomic E-state index is 0.0638. The van der Waals surface area contributed by atoms with Crippen LogP contribution in [0.3, 0.4) is 0 Å². The number of hydrogen-bond acceptors (Lipinski definition) is 6. The molecule has 31 heavy (non-hydrogen) atoms. The molecule has 3 aromatic heterocycles. The number of halogens is 4. The number of nitrogens with one attached hydrogen (secondary N) is 3. The van der Waals surface area contributed by atoms with Gasteiger partial charge in [-0.15, -0.1) is 13.2 Å². The number of aromatic amines is 2. The van der Waals surface area contributed by atoms with Crippen LogP contribution in [0, 0.1) is 6.92 Å². The number of nitrogens with zero attached hydrogens (tertiary/aromatic N) is 4. The highest BCUT2D eigenvalue weighted by Crippen LogP contribution is 2.29. The maximum Gasteiger partial charge on any atom is 0.573 e. The topological polar surface area (TPSA) is 114 Å². The molecule has 0 saturated heterocycles. The molecule has 13 heteroatoms. The molecule has 0 aliphatic carbocycles. The van der Waals surface area contributed by atoms with Crippen LogP contribution in [0.1, 0.15) is 17.1 Å². The third kappa shape index (κ3) is 4.79. The zero-order chi connectivity index (χ0) is 22.2. The molecule has 0 saturated carbocycles. The van der Waals surface area contributed by atoms with Crippen molar-refractivity contribution in [3.05, 3.63) is 63.2 Å². The summed E-state index contributed by atoms with van der Waals surface area (Å²) in [6, 6.07) is 3.67. The van der Waals surface area contributed by atoms with E-state index in [0.29, 0.717) is 12.1 Å². The number of imidazole rings is 2. The number of alkyl halides is 3. The molecule has 1 aromatic carbocycles. The molecule has 0 fully saturated rings. The Bertz CT molecular complexity index is 1300. The van der Waals surface area contributed by atoms with Gasteiger partial charge in [-0.05, 0) is 25.1 Å². The highest BCUT2D eigenvalue weighted by Gasteiger charge is 2.32. The normalized spacial score (nSPS) is 11.8. The molecule has 3 N–H and O–H groups in total. The van der Waals surface area contributed by atoms with Crippen molar-refractivity contribution in [2.24, 2.45) is 0 Å². The first-order chi connectivity index (χ1) is 14.7. The predicted octanol–water partition coefficient (Wildman–Crippen LogP) is 3.36. The Balaban J connectivity index is 1.65. The van der Waals surface area contributed by atoms with E-state index >= 15 is 0 Å². The summed E-state index contributed by atoms with van der Waals surface area (Å²) >= 11 is 5.94. The van der Waals surface area contributed by atoms with E-state index in [9.17, 15) is 18.0 Å². The van der Waals surface area contributed by atoms with Gasteiger partial charge in [-0.25, -0.2) is 14.8 Å². The zero-order valence-corrected chi connectivity index (χ0v) is 16.7. The quantitative estimate of drug-likeness (QED) is 0.412. The zero-order valence-electron chi connectivity index (χ0n) is 15.9. The maximum absolute atomic E-state index is 12.7. The summed E-state index contributed by atoms with van der Waals surface area (Å²) in [5, 5.41) is 3.20. The van der Waals surface area contributed by atoms with E-state index in [-0.39, 0.29) is 28.7 Å². The average molecular weight is 454 g/mol. The molecule has 0 atom stereocenters. The molecule has 3 heterocycles. The van der Waals surface area contributed by atoms with Crippen LogP contribution >= 0.6 is 11.6 Å². The monoisotopic (exact) mass is 453 g/mol. The lowest BCUT2D eigenvalue weighted by Gasteiger charge is -2.14. The van der Waals surface area contributed by atoms with Gasteiger partial charge in [0.15, 0.2) is 5.65 Å². The van der Waals surface area contributed by atoms with Crippen molar-refractivity contribution in [1.29, 1.82) is 0 Å². The van der Waals surface area contributed by atoms with E-state index in [1.165, 1.54) is 22.9 Å². The fourth-order valence-corrected chi connectivity index (χ4v) is 3.17. The van der Waals surface area contributed by atoms with Crippen molar-refractivity contribution in [2.75, 3.05) is 5.32 Å². The first kappa shape index (κ1) is 20.7. The molecule has 0 unspecified atom stereocenters. The van der Waals surface area contributed by atoms with E-state index in [2.05, 4.69) is 35.0 Å². The lowest BCUT2D eigenvalue weighted by Crippen LogP contribution is -2.21. The Hall–Kier alpha value is -3.54. The van der Waals surface area contributed by atoms with Crippen molar-refractivity contribution < 1.29 is 17.9 Å². The van der Waals surface area contributed by atoms with Gasteiger partial charge in [0.05, 0.1) is 31.2 Å². The molecule has 0 aliphatic rings. The van der Waals surface area contributed by atoms with Crippen LogP contribution < -0.4 is 15.7 Å². The summed E-state index contributed by atoms with van der Waals surface area (Å²) in [4.78, 5) is 30.6. The fraction of sp³-hybridized carbons (Fsp3) is 0.222. The minimum atomic E-state index is -4.89. The van der Waals surface area contributed by atoms with Crippen LogP contribution in [0.25, 0.3) is 11.2 Å². The maximum atomic E-state index is 12.7. The third-order valence-electron chi connectivity index (χ3n) is 4.28. The summed E-state index contributed by atoms with van der Waals surface area (Å²) < 4.78 is 43.5. The number of anilines is 1. The summed E-state index contributed by atoms with van der Waals surface area (Å²) in [5.41, 5.74) is 0.840. The number of fused-ring (bicyclic) bond motifs is 1. The van der Waals surface area contributed by atoms with E-state index in [4.69, 9.17) is 11.6 Å². The second kappa shape index (κ2) is 7.95. The molecule has 0 amide bonds. The first-order valence-corrected chi connectivity index (χ1v) is 9.30. The molecule has 4 aromatic rings. The highest BCUT2D eigenvalue weighted by molar-refractivity contribution is 6.30. The highest BCUT2D eigenvalue weighted by atomic mass is 35.5. The van der Waals surface area contributed by atoms with Crippen LogP contribution in [0.5, 0.6) is 5.75 Å². The van der Waals surface area contributed by atoms with E-state index < -0.39 is 17.8 Å². The van der Waals surface area contributed by atoms with Crippen molar-refractivity contribution in [1.82, 2.24) is 29.5 Å². The van der Waals surface area contributed by atoms with Crippen LogP contribution in [0.2, 0.25) is 5.02 Å². The summed E-state index contributed by atoms with van der Waals surface area (Å²) in [6.07, 6.45) is -1.82. The van der Waals surface area contributed by atoms with Crippen LogP contribution in [-0.4, -0.2) is 35.8 Å². The van der Waals surface area contributed by atoms with Gasteiger partial charge < -0.3 is 20.0 Å². The molecule has 0 bridgehead atoms. The summed E-state index contributed by atoms with van der Waals surface area (Å²) in [7, 11) is 0. The molecular weight excluding hydrogens is 439 g/mol. The van der Waals surface area contributed by atoms with E-state index in [0.717, 1.165) is 17.6 Å². The minimum Gasteiger partial charge on any atom is -0.405 e. The van der Waals surface area contributed by atoms with Gasteiger partial charge in [-0.2, -0.15) is 4.98 Å². The lowest BCUT2D eigenvalue weighted by molar-refractivity contribution is -0.274. The Labute approximate surface area is 177 Å². The smallest absolute Gasteiger partial charge is 0.405 e. The molecule has 0 spiro atoms. The number of aromatic nitrogens is 6. The van der Waals surface area contributed by atoms with Crippen molar-refractivity contribution >= 4 is 28.7 Å². The SMILES string of the molecule is Cc1ncc(CNc2ncc3[nH]c(=O)n(Cc4cc(Cl)ccc4OC(F)(F)F)c3n2)[nH]1. The lowest BCUT2D eigenvalue weighted by atomic mass is 10.2. The Morgan fingerprint density at radius 1 is 1.23 bits per heavy atom. The number of ether oxygens (including phenoxy) is 1. The largest absolute Gasteiger partial charge is 0.573 e. The second-order valence-electron chi connectivity index (χ2n) is 6.59. The van der Waals surface area contributed by atoms with E-state index in [1.54, 1.807) is 6.20 Å². The third-order valence-corrected chi connectivity index (χ3v) is 4.52. The van der Waals surface area contributed by atoms with Crippen molar-refractivity contribution in [3.63, 3.8) is 0 Å². The van der Waals surface area contributed by atoms with Crippen molar-refractivity contribution in [3.8, 4) is 5.75 Å².